The van der Waals surface area contributed by atoms with Gasteiger partial charge in [0.05, 0.1) is 16.7 Å². The van der Waals surface area contributed by atoms with Gasteiger partial charge in [-0.2, -0.15) is 0 Å². The number of hydrogen-bond acceptors (Lipinski definition) is 1. The number of fused-ring (bicyclic) bond motifs is 11. The van der Waals surface area contributed by atoms with Crippen LogP contribution in [0.1, 0.15) is 25.0 Å². The molecule has 2 nitrogen and oxygen atoms in total. The summed E-state index contributed by atoms with van der Waals surface area (Å²) >= 11 is 0. The van der Waals surface area contributed by atoms with Crippen molar-refractivity contribution >= 4 is 71.2 Å². The molecular weight excluding hydrogens is 785 g/mol. The smallest absolute Gasteiger partial charge is 0.0625 e. The topological polar surface area (TPSA) is 8.17 Å². The van der Waals surface area contributed by atoms with E-state index in [4.69, 9.17) is 0 Å². The zero-order valence-corrected chi connectivity index (χ0v) is 36.3. The number of para-hydroxylation sites is 1. The number of rotatable bonds is 6. The zero-order valence-electron chi connectivity index (χ0n) is 36.3. The lowest BCUT2D eigenvalue weighted by atomic mass is 9.82. The van der Waals surface area contributed by atoms with Gasteiger partial charge in [-0.25, -0.2) is 0 Å². The van der Waals surface area contributed by atoms with Crippen molar-refractivity contribution in [1.29, 1.82) is 0 Å². The first-order valence-electron chi connectivity index (χ1n) is 22.7. The van der Waals surface area contributed by atoms with Gasteiger partial charge in [0.1, 0.15) is 0 Å². The highest BCUT2D eigenvalue weighted by Crippen LogP contribution is 2.51. The van der Waals surface area contributed by atoms with E-state index in [2.05, 4.69) is 254 Å². The van der Waals surface area contributed by atoms with Crippen LogP contribution in [0.15, 0.2) is 231 Å². The Kier molecular flexibility index (Phi) is 8.29. The molecular formula is C63H44N2. The second-order valence-electron chi connectivity index (χ2n) is 18.1. The van der Waals surface area contributed by atoms with Crippen LogP contribution in [0.4, 0.5) is 17.1 Å². The third kappa shape index (κ3) is 5.74. The number of hydrogen-bond donors (Lipinski definition) is 0. The van der Waals surface area contributed by atoms with E-state index in [1.807, 2.05) is 0 Å². The number of benzene rings is 11. The summed E-state index contributed by atoms with van der Waals surface area (Å²) in [4.78, 5) is 2.40. The van der Waals surface area contributed by atoms with Gasteiger partial charge in [0.2, 0.25) is 0 Å². The summed E-state index contributed by atoms with van der Waals surface area (Å²) in [5.74, 6) is 0. The van der Waals surface area contributed by atoms with Crippen LogP contribution >= 0.6 is 0 Å². The van der Waals surface area contributed by atoms with Crippen LogP contribution in [-0.2, 0) is 5.41 Å². The van der Waals surface area contributed by atoms with Gasteiger partial charge >= 0.3 is 0 Å². The van der Waals surface area contributed by atoms with Crippen molar-refractivity contribution in [2.45, 2.75) is 19.3 Å². The Morgan fingerprint density at radius 3 is 1.72 bits per heavy atom. The molecule has 0 spiro atoms. The molecule has 1 heterocycles. The highest BCUT2D eigenvalue weighted by molar-refractivity contribution is 6.25. The Labute approximate surface area is 378 Å². The number of anilines is 3. The Hall–Kier alpha value is -8.20. The first kappa shape index (κ1) is 37.4. The first-order valence-corrected chi connectivity index (χ1v) is 22.7. The SMILES string of the molecule is CC1(C)c2ccccc2-c2ccc(N(c3ccccc3)c3ccc(-c4cc5ccccc5c5c4c4cc(-c6ccccc6)ccc4n5-c4cc5ccccc5c5ccccc45)cc3)cc21. The molecule has 12 aromatic rings. The molecule has 2 heteroatoms. The largest absolute Gasteiger partial charge is 0.310 e. The number of nitrogens with zero attached hydrogens (tertiary/aromatic N) is 2. The van der Waals surface area contributed by atoms with E-state index in [0.29, 0.717) is 0 Å². The average Bonchev–Trinajstić information content (AvgIpc) is 3.82. The van der Waals surface area contributed by atoms with E-state index >= 15 is 0 Å². The molecule has 306 valence electrons. The Morgan fingerprint density at radius 2 is 0.938 bits per heavy atom. The molecule has 1 aliphatic rings. The van der Waals surface area contributed by atoms with Crippen LogP contribution in [0.2, 0.25) is 0 Å². The van der Waals surface area contributed by atoms with Crippen LogP contribution in [0.25, 0.3) is 93.2 Å². The summed E-state index contributed by atoms with van der Waals surface area (Å²) in [5, 5.41) is 9.91. The summed E-state index contributed by atoms with van der Waals surface area (Å²) in [6, 6.07) is 85.3. The van der Waals surface area contributed by atoms with Gasteiger partial charge in [-0.15, -0.1) is 0 Å². The van der Waals surface area contributed by atoms with E-state index in [-0.39, 0.29) is 5.41 Å². The van der Waals surface area contributed by atoms with Crippen molar-refractivity contribution in [3.05, 3.63) is 242 Å². The lowest BCUT2D eigenvalue weighted by Gasteiger charge is -2.28. The van der Waals surface area contributed by atoms with Gasteiger partial charge < -0.3 is 9.47 Å². The van der Waals surface area contributed by atoms with E-state index in [0.717, 1.165) is 17.1 Å². The summed E-state index contributed by atoms with van der Waals surface area (Å²) in [5.41, 5.74) is 17.1. The third-order valence-corrected chi connectivity index (χ3v) is 14.1. The molecule has 0 bridgehead atoms. The summed E-state index contributed by atoms with van der Waals surface area (Å²) in [6.07, 6.45) is 0. The molecule has 1 aliphatic carbocycles. The average molecular weight is 829 g/mol. The summed E-state index contributed by atoms with van der Waals surface area (Å²) in [7, 11) is 0. The monoisotopic (exact) mass is 828 g/mol. The molecule has 13 rings (SSSR count). The van der Waals surface area contributed by atoms with Gasteiger partial charge in [-0.05, 0) is 127 Å². The molecule has 0 aliphatic heterocycles. The molecule has 0 saturated carbocycles. The first-order chi connectivity index (χ1) is 32.0. The van der Waals surface area contributed by atoms with Gasteiger partial charge in [-0.1, -0.05) is 184 Å². The van der Waals surface area contributed by atoms with E-state index in [1.165, 1.54) is 104 Å². The van der Waals surface area contributed by atoms with E-state index in [9.17, 15) is 0 Å². The minimum atomic E-state index is -0.103. The molecule has 0 N–H and O–H groups in total. The van der Waals surface area contributed by atoms with Crippen LogP contribution in [0, 0.1) is 0 Å². The van der Waals surface area contributed by atoms with Crippen molar-refractivity contribution in [2.24, 2.45) is 0 Å². The lowest BCUT2D eigenvalue weighted by molar-refractivity contribution is 0.660. The molecule has 0 radical (unpaired) electrons. The lowest BCUT2D eigenvalue weighted by Crippen LogP contribution is -2.16. The Balaban J connectivity index is 1.05. The van der Waals surface area contributed by atoms with Gasteiger partial charge in [0, 0.05) is 44.0 Å². The third-order valence-electron chi connectivity index (χ3n) is 14.1. The fourth-order valence-corrected chi connectivity index (χ4v) is 11.0. The molecule has 0 fully saturated rings. The van der Waals surface area contributed by atoms with Crippen molar-refractivity contribution in [2.75, 3.05) is 4.90 Å². The molecule has 0 unspecified atom stereocenters. The van der Waals surface area contributed by atoms with Crippen molar-refractivity contribution < 1.29 is 0 Å². The second kappa shape index (κ2) is 14.4. The summed E-state index contributed by atoms with van der Waals surface area (Å²) in [6.45, 7) is 4.71. The van der Waals surface area contributed by atoms with Crippen LogP contribution in [0.3, 0.4) is 0 Å². The second-order valence-corrected chi connectivity index (χ2v) is 18.1. The van der Waals surface area contributed by atoms with Gasteiger partial charge in [0.25, 0.3) is 0 Å². The molecule has 65 heavy (non-hydrogen) atoms. The van der Waals surface area contributed by atoms with Gasteiger partial charge in [-0.3, -0.25) is 0 Å². The van der Waals surface area contributed by atoms with Crippen molar-refractivity contribution in [3.63, 3.8) is 0 Å². The maximum Gasteiger partial charge on any atom is 0.0625 e. The number of aromatic nitrogens is 1. The Bertz CT molecular complexity index is 3840. The highest BCUT2D eigenvalue weighted by Gasteiger charge is 2.35. The molecule has 1 aromatic heterocycles. The van der Waals surface area contributed by atoms with Crippen LogP contribution in [-0.4, -0.2) is 4.57 Å². The van der Waals surface area contributed by atoms with Crippen molar-refractivity contribution in [1.82, 2.24) is 4.57 Å². The van der Waals surface area contributed by atoms with Crippen LogP contribution in [0.5, 0.6) is 0 Å². The van der Waals surface area contributed by atoms with Gasteiger partial charge in [0.15, 0.2) is 0 Å². The van der Waals surface area contributed by atoms with E-state index < -0.39 is 0 Å². The predicted octanol–water partition coefficient (Wildman–Crippen LogP) is 17.4. The fraction of sp³-hybridized carbons (Fsp3) is 0.0476. The molecule has 0 amide bonds. The maximum atomic E-state index is 2.55. The predicted molar refractivity (Wildman–Crippen MR) is 276 cm³/mol. The molecule has 0 atom stereocenters. The fourth-order valence-electron chi connectivity index (χ4n) is 11.0. The zero-order chi connectivity index (χ0) is 43.2. The molecule has 11 aromatic carbocycles. The molecule has 0 saturated heterocycles. The quantitative estimate of drug-likeness (QED) is 0.152. The Morgan fingerprint density at radius 1 is 0.354 bits per heavy atom. The standard InChI is InChI=1S/C63H44N2/c1-63(2)57-28-16-15-26-52(57)53-35-34-48(40-58(53)63)64(46-21-7-4-8-22-46)47-32-29-42(30-33-47)55-38-44-19-10-12-24-50(44)62-61(55)56-37-43(41-17-5-3-6-18-41)31-36-59(56)65(62)60-39-45-20-9-11-23-49(45)51-25-13-14-27-54(51)60/h3-40H,1-2H3. The minimum absolute atomic E-state index is 0.103. The summed E-state index contributed by atoms with van der Waals surface area (Å²) < 4.78 is 2.55. The van der Waals surface area contributed by atoms with Crippen LogP contribution < -0.4 is 4.90 Å². The maximum absolute atomic E-state index is 2.55. The van der Waals surface area contributed by atoms with Crippen molar-refractivity contribution in [3.8, 4) is 39.1 Å². The highest BCUT2D eigenvalue weighted by atomic mass is 15.1. The van der Waals surface area contributed by atoms with E-state index in [1.54, 1.807) is 0 Å². The normalized spacial score (nSPS) is 12.9. The minimum Gasteiger partial charge on any atom is -0.310 e.